The summed E-state index contributed by atoms with van der Waals surface area (Å²) in [6, 6.07) is 13.9. The molecule has 116 valence electrons. The van der Waals surface area contributed by atoms with E-state index in [4.69, 9.17) is 4.74 Å². The summed E-state index contributed by atoms with van der Waals surface area (Å²) in [5.41, 5.74) is 1.19. The molecule has 0 saturated carbocycles. The minimum atomic E-state index is 0.559. The maximum absolute atomic E-state index is 5.60. The molecule has 0 fully saturated rings. The summed E-state index contributed by atoms with van der Waals surface area (Å²) in [5.74, 6) is 1.62. The molecule has 0 aliphatic carbocycles. The SMILES string of the molecule is CN(C)C(=NCc1ccccc1)NCCOc1cccnc1. The summed E-state index contributed by atoms with van der Waals surface area (Å²) < 4.78 is 5.60. The van der Waals surface area contributed by atoms with Crippen molar-refractivity contribution in [2.75, 3.05) is 27.2 Å². The van der Waals surface area contributed by atoms with Gasteiger partial charge in [-0.05, 0) is 17.7 Å². The monoisotopic (exact) mass is 298 g/mol. The number of rotatable bonds is 6. The van der Waals surface area contributed by atoms with Crippen molar-refractivity contribution in [1.82, 2.24) is 15.2 Å². The molecule has 0 unspecified atom stereocenters. The third-order valence-corrected chi connectivity index (χ3v) is 2.97. The molecule has 1 N–H and O–H groups in total. The highest BCUT2D eigenvalue weighted by Gasteiger charge is 2.01. The van der Waals surface area contributed by atoms with Gasteiger partial charge in [0.1, 0.15) is 12.4 Å². The molecule has 0 atom stereocenters. The summed E-state index contributed by atoms with van der Waals surface area (Å²) in [4.78, 5) is 10.6. The Bertz CT molecular complexity index is 570. The van der Waals surface area contributed by atoms with Crippen LogP contribution in [0.1, 0.15) is 5.56 Å². The van der Waals surface area contributed by atoms with Gasteiger partial charge in [-0.15, -0.1) is 0 Å². The van der Waals surface area contributed by atoms with Crippen LogP contribution >= 0.6 is 0 Å². The van der Waals surface area contributed by atoms with Crippen molar-refractivity contribution in [2.45, 2.75) is 6.54 Å². The van der Waals surface area contributed by atoms with Crippen molar-refractivity contribution in [3.05, 3.63) is 60.4 Å². The fourth-order valence-electron chi connectivity index (χ4n) is 1.87. The Balaban J connectivity index is 1.79. The Kier molecular flexibility index (Phi) is 6.23. The van der Waals surface area contributed by atoms with Gasteiger partial charge in [0.25, 0.3) is 0 Å². The van der Waals surface area contributed by atoms with Crippen LogP contribution in [0.3, 0.4) is 0 Å². The van der Waals surface area contributed by atoms with Crippen LogP contribution in [0.4, 0.5) is 0 Å². The molecular formula is C17H22N4O. The second-order valence-electron chi connectivity index (χ2n) is 4.98. The van der Waals surface area contributed by atoms with Crippen LogP contribution in [0.15, 0.2) is 59.9 Å². The molecule has 1 heterocycles. The zero-order valence-electron chi connectivity index (χ0n) is 13.1. The zero-order valence-corrected chi connectivity index (χ0v) is 13.1. The molecule has 0 bridgehead atoms. The van der Waals surface area contributed by atoms with Gasteiger partial charge < -0.3 is 15.0 Å². The van der Waals surface area contributed by atoms with Crippen LogP contribution in [0, 0.1) is 0 Å². The molecule has 0 saturated heterocycles. The number of hydrogen-bond acceptors (Lipinski definition) is 3. The van der Waals surface area contributed by atoms with E-state index in [2.05, 4.69) is 27.4 Å². The smallest absolute Gasteiger partial charge is 0.193 e. The van der Waals surface area contributed by atoms with E-state index in [1.165, 1.54) is 5.56 Å². The van der Waals surface area contributed by atoms with E-state index in [0.29, 0.717) is 19.7 Å². The Hall–Kier alpha value is -2.56. The van der Waals surface area contributed by atoms with Crippen LogP contribution < -0.4 is 10.1 Å². The Morgan fingerprint density at radius 2 is 2.00 bits per heavy atom. The summed E-state index contributed by atoms with van der Waals surface area (Å²) >= 11 is 0. The summed E-state index contributed by atoms with van der Waals surface area (Å²) in [5, 5.41) is 3.29. The molecule has 0 spiro atoms. The number of hydrogen-bond donors (Lipinski definition) is 1. The second kappa shape index (κ2) is 8.67. The van der Waals surface area contributed by atoms with Crippen molar-refractivity contribution in [1.29, 1.82) is 0 Å². The molecule has 5 nitrogen and oxygen atoms in total. The van der Waals surface area contributed by atoms with Crippen molar-refractivity contribution < 1.29 is 4.74 Å². The first kappa shape index (κ1) is 15.8. The quantitative estimate of drug-likeness (QED) is 0.504. The summed E-state index contributed by atoms with van der Waals surface area (Å²) in [6.07, 6.45) is 3.43. The number of benzene rings is 1. The Labute approximate surface area is 131 Å². The van der Waals surface area contributed by atoms with Crippen LogP contribution in [0.5, 0.6) is 5.75 Å². The molecule has 1 aromatic heterocycles. The summed E-state index contributed by atoms with van der Waals surface area (Å²) in [7, 11) is 3.94. The molecule has 0 radical (unpaired) electrons. The standard InChI is InChI=1S/C17H22N4O/c1-21(2)17(20-13-15-7-4-3-5-8-15)19-11-12-22-16-9-6-10-18-14-16/h3-10,14H,11-13H2,1-2H3,(H,19,20). The molecule has 0 aliphatic rings. The molecule has 5 heteroatoms. The van der Waals surface area contributed by atoms with Crippen LogP contribution in [-0.2, 0) is 6.54 Å². The van der Waals surface area contributed by atoms with E-state index in [-0.39, 0.29) is 0 Å². The van der Waals surface area contributed by atoms with Gasteiger partial charge in [0.15, 0.2) is 5.96 Å². The molecule has 2 rings (SSSR count). The number of nitrogens with zero attached hydrogens (tertiary/aromatic N) is 3. The number of pyridine rings is 1. The van der Waals surface area contributed by atoms with Gasteiger partial charge in [-0.3, -0.25) is 4.98 Å². The normalized spacial score (nSPS) is 11.1. The van der Waals surface area contributed by atoms with Gasteiger partial charge in [0.05, 0.1) is 19.3 Å². The number of nitrogens with one attached hydrogen (secondary N) is 1. The van der Waals surface area contributed by atoms with Gasteiger partial charge >= 0.3 is 0 Å². The van der Waals surface area contributed by atoms with E-state index in [1.807, 2.05) is 49.3 Å². The van der Waals surface area contributed by atoms with E-state index in [9.17, 15) is 0 Å². The Morgan fingerprint density at radius 3 is 2.68 bits per heavy atom. The minimum absolute atomic E-state index is 0.559. The van der Waals surface area contributed by atoms with Crippen molar-refractivity contribution in [3.8, 4) is 5.75 Å². The van der Waals surface area contributed by atoms with Crippen molar-refractivity contribution in [2.24, 2.45) is 4.99 Å². The lowest BCUT2D eigenvalue weighted by Crippen LogP contribution is -2.38. The molecule has 2 aromatic rings. The minimum Gasteiger partial charge on any atom is -0.490 e. The van der Waals surface area contributed by atoms with Crippen molar-refractivity contribution in [3.63, 3.8) is 0 Å². The second-order valence-corrected chi connectivity index (χ2v) is 4.98. The zero-order chi connectivity index (χ0) is 15.6. The van der Waals surface area contributed by atoms with Gasteiger partial charge in [0, 0.05) is 20.3 Å². The highest BCUT2D eigenvalue weighted by Crippen LogP contribution is 2.05. The van der Waals surface area contributed by atoms with E-state index >= 15 is 0 Å². The Morgan fingerprint density at radius 1 is 1.18 bits per heavy atom. The maximum Gasteiger partial charge on any atom is 0.193 e. The lowest BCUT2D eigenvalue weighted by atomic mass is 10.2. The first-order valence-corrected chi connectivity index (χ1v) is 7.28. The molecular weight excluding hydrogens is 276 g/mol. The predicted octanol–water partition coefficient (Wildman–Crippen LogP) is 2.17. The number of aromatic nitrogens is 1. The lowest BCUT2D eigenvalue weighted by molar-refractivity contribution is 0.319. The van der Waals surface area contributed by atoms with Gasteiger partial charge in [-0.1, -0.05) is 30.3 Å². The van der Waals surface area contributed by atoms with Crippen LogP contribution in [0.2, 0.25) is 0 Å². The molecule has 0 aliphatic heterocycles. The topological polar surface area (TPSA) is 49.8 Å². The lowest BCUT2D eigenvalue weighted by Gasteiger charge is -2.17. The maximum atomic E-state index is 5.60. The molecule has 22 heavy (non-hydrogen) atoms. The first-order chi connectivity index (χ1) is 10.8. The number of ether oxygens (including phenoxy) is 1. The molecule has 0 amide bonds. The predicted molar refractivity (Wildman–Crippen MR) is 89.0 cm³/mol. The van der Waals surface area contributed by atoms with Crippen molar-refractivity contribution >= 4 is 5.96 Å². The molecule has 1 aromatic carbocycles. The van der Waals surface area contributed by atoms with E-state index in [1.54, 1.807) is 12.4 Å². The highest BCUT2D eigenvalue weighted by molar-refractivity contribution is 5.79. The van der Waals surface area contributed by atoms with Gasteiger partial charge in [-0.25, -0.2) is 4.99 Å². The van der Waals surface area contributed by atoms with E-state index < -0.39 is 0 Å². The first-order valence-electron chi connectivity index (χ1n) is 7.28. The van der Waals surface area contributed by atoms with Crippen LogP contribution in [0.25, 0.3) is 0 Å². The largest absolute Gasteiger partial charge is 0.490 e. The third kappa shape index (κ3) is 5.44. The fraction of sp³-hybridized carbons (Fsp3) is 0.294. The number of guanidine groups is 1. The fourth-order valence-corrected chi connectivity index (χ4v) is 1.87. The van der Waals surface area contributed by atoms with Gasteiger partial charge in [-0.2, -0.15) is 0 Å². The van der Waals surface area contributed by atoms with Gasteiger partial charge in [0.2, 0.25) is 0 Å². The number of aliphatic imine (C=N–C) groups is 1. The third-order valence-electron chi connectivity index (χ3n) is 2.97. The average molecular weight is 298 g/mol. The summed E-state index contributed by atoms with van der Waals surface area (Å²) in [6.45, 7) is 1.90. The highest BCUT2D eigenvalue weighted by atomic mass is 16.5. The average Bonchev–Trinajstić information content (AvgIpc) is 2.55. The van der Waals surface area contributed by atoms with Crippen LogP contribution in [-0.4, -0.2) is 43.1 Å². The van der Waals surface area contributed by atoms with E-state index in [0.717, 1.165) is 11.7 Å².